The van der Waals surface area contributed by atoms with Gasteiger partial charge in [-0.3, -0.25) is 0 Å². The first kappa shape index (κ1) is 12.8. The van der Waals surface area contributed by atoms with Crippen LogP contribution in [0.5, 0.6) is 0 Å². The van der Waals surface area contributed by atoms with E-state index in [0.717, 1.165) is 22.9 Å². The summed E-state index contributed by atoms with van der Waals surface area (Å²) >= 11 is 6.02. The second kappa shape index (κ2) is 4.71. The van der Waals surface area contributed by atoms with Crippen LogP contribution < -0.4 is 5.73 Å². The van der Waals surface area contributed by atoms with Gasteiger partial charge in [0, 0.05) is 11.1 Å². The van der Waals surface area contributed by atoms with Crippen molar-refractivity contribution < 1.29 is 0 Å². The van der Waals surface area contributed by atoms with Crippen LogP contribution in [-0.4, -0.2) is 9.55 Å². The molecule has 1 fully saturated rings. The minimum atomic E-state index is 0.470. The SMILES string of the molecule is CC1CCC(n2c(N)nc3cc(Cl)ccc32)CC1C. The smallest absolute Gasteiger partial charge is 0.201 e. The Hall–Kier alpha value is -1.22. The van der Waals surface area contributed by atoms with Crippen molar-refractivity contribution in [2.24, 2.45) is 11.8 Å². The van der Waals surface area contributed by atoms with E-state index in [0.29, 0.717) is 17.0 Å². The van der Waals surface area contributed by atoms with Crippen molar-refractivity contribution in [1.29, 1.82) is 0 Å². The van der Waals surface area contributed by atoms with Crippen LogP contribution in [0.1, 0.15) is 39.2 Å². The van der Waals surface area contributed by atoms with Crippen LogP contribution in [0.25, 0.3) is 11.0 Å². The molecule has 1 aromatic carbocycles. The first-order valence-corrected chi connectivity index (χ1v) is 7.37. The summed E-state index contributed by atoms with van der Waals surface area (Å²) in [4.78, 5) is 4.45. The number of nitrogens with zero attached hydrogens (tertiary/aromatic N) is 2. The highest BCUT2D eigenvalue weighted by atomic mass is 35.5. The molecule has 3 atom stereocenters. The topological polar surface area (TPSA) is 43.8 Å². The molecule has 19 heavy (non-hydrogen) atoms. The van der Waals surface area contributed by atoms with E-state index in [9.17, 15) is 0 Å². The van der Waals surface area contributed by atoms with Gasteiger partial charge in [0.25, 0.3) is 0 Å². The highest BCUT2D eigenvalue weighted by Gasteiger charge is 2.27. The number of nitrogen functional groups attached to an aromatic ring is 1. The Kier molecular flexibility index (Phi) is 3.17. The molecule has 0 amide bonds. The summed E-state index contributed by atoms with van der Waals surface area (Å²) in [7, 11) is 0. The van der Waals surface area contributed by atoms with E-state index in [1.807, 2.05) is 18.2 Å². The third-order valence-electron chi connectivity index (χ3n) is 4.61. The predicted molar refractivity (Wildman–Crippen MR) is 80.4 cm³/mol. The zero-order valence-electron chi connectivity index (χ0n) is 11.4. The Morgan fingerprint density at radius 3 is 2.79 bits per heavy atom. The van der Waals surface area contributed by atoms with E-state index in [1.165, 1.54) is 19.3 Å². The molecule has 3 nitrogen and oxygen atoms in total. The molecule has 0 radical (unpaired) electrons. The van der Waals surface area contributed by atoms with Crippen LogP contribution in [-0.2, 0) is 0 Å². The Labute approximate surface area is 118 Å². The van der Waals surface area contributed by atoms with Gasteiger partial charge in [-0.15, -0.1) is 0 Å². The fourth-order valence-corrected chi connectivity index (χ4v) is 3.39. The summed E-state index contributed by atoms with van der Waals surface area (Å²) in [5.41, 5.74) is 8.13. The number of fused-ring (bicyclic) bond motifs is 1. The van der Waals surface area contributed by atoms with Crippen molar-refractivity contribution >= 4 is 28.6 Å². The number of imidazole rings is 1. The molecule has 3 rings (SSSR count). The lowest BCUT2D eigenvalue weighted by molar-refractivity contribution is 0.215. The van der Waals surface area contributed by atoms with Crippen molar-refractivity contribution in [3.63, 3.8) is 0 Å². The lowest BCUT2D eigenvalue weighted by Crippen LogP contribution is -2.24. The number of hydrogen-bond donors (Lipinski definition) is 1. The minimum absolute atomic E-state index is 0.470. The number of hydrogen-bond acceptors (Lipinski definition) is 2. The Balaban J connectivity index is 2.03. The third-order valence-corrected chi connectivity index (χ3v) is 4.85. The Morgan fingerprint density at radius 1 is 1.26 bits per heavy atom. The number of aromatic nitrogens is 2. The molecule has 0 bridgehead atoms. The molecule has 1 aliphatic carbocycles. The molecule has 1 aliphatic rings. The Morgan fingerprint density at radius 2 is 2.05 bits per heavy atom. The molecule has 0 spiro atoms. The highest BCUT2D eigenvalue weighted by Crippen LogP contribution is 2.39. The zero-order valence-corrected chi connectivity index (χ0v) is 12.2. The van der Waals surface area contributed by atoms with E-state index in [-0.39, 0.29) is 0 Å². The van der Waals surface area contributed by atoms with Gasteiger partial charge in [0.1, 0.15) is 0 Å². The van der Waals surface area contributed by atoms with E-state index < -0.39 is 0 Å². The van der Waals surface area contributed by atoms with Gasteiger partial charge in [-0.2, -0.15) is 0 Å². The Bertz CT molecular complexity index is 605. The summed E-state index contributed by atoms with van der Waals surface area (Å²) in [6.45, 7) is 4.68. The van der Waals surface area contributed by atoms with Crippen LogP contribution in [0.15, 0.2) is 18.2 Å². The van der Waals surface area contributed by atoms with Gasteiger partial charge in [0.15, 0.2) is 0 Å². The average Bonchev–Trinajstić information content (AvgIpc) is 2.68. The fourth-order valence-electron chi connectivity index (χ4n) is 3.23. The number of anilines is 1. The molecule has 0 saturated heterocycles. The van der Waals surface area contributed by atoms with E-state index >= 15 is 0 Å². The lowest BCUT2D eigenvalue weighted by Gasteiger charge is -2.33. The first-order chi connectivity index (χ1) is 9.06. The molecule has 102 valence electrons. The number of halogens is 1. The summed E-state index contributed by atoms with van der Waals surface area (Å²) in [5, 5.41) is 0.711. The van der Waals surface area contributed by atoms with Crippen molar-refractivity contribution in [3.8, 4) is 0 Å². The largest absolute Gasteiger partial charge is 0.369 e. The first-order valence-electron chi connectivity index (χ1n) is 6.99. The maximum absolute atomic E-state index is 6.12. The molecule has 1 aromatic heterocycles. The van der Waals surface area contributed by atoms with Gasteiger partial charge in [-0.25, -0.2) is 4.98 Å². The normalized spacial score (nSPS) is 27.8. The summed E-state index contributed by atoms with van der Waals surface area (Å²) in [5.74, 6) is 2.16. The monoisotopic (exact) mass is 277 g/mol. The molecule has 2 N–H and O–H groups in total. The quantitative estimate of drug-likeness (QED) is 0.846. The molecule has 0 aliphatic heterocycles. The van der Waals surface area contributed by atoms with Gasteiger partial charge in [-0.1, -0.05) is 25.4 Å². The molecule has 4 heteroatoms. The predicted octanol–water partition coefficient (Wildman–Crippen LogP) is 4.27. The van der Waals surface area contributed by atoms with E-state index in [1.54, 1.807) is 0 Å². The molecule has 1 heterocycles. The summed E-state index contributed by atoms with van der Waals surface area (Å²) in [6, 6.07) is 6.30. The van der Waals surface area contributed by atoms with Gasteiger partial charge in [-0.05, 0) is 49.3 Å². The average molecular weight is 278 g/mol. The maximum Gasteiger partial charge on any atom is 0.201 e. The van der Waals surface area contributed by atoms with E-state index in [2.05, 4.69) is 23.4 Å². The fraction of sp³-hybridized carbons (Fsp3) is 0.533. The van der Waals surface area contributed by atoms with Gasteiger partial charge in [0.05, 0.1) is 11.0 Å². The zero-order chi connectivity index (χ0) is 13.6. The summed E-state index contributed by atoms with van der Waals surface area (Å²) < 4.78 is 2.20. The third kappa shape index (κ3) is 2.20. The van der Waals surface area contributed by atoms with Gasteiger partial charge >= 0.3 is 0 Å². The summed E-state index contributed by atoms with van der Waals surface area (Å²) in [6.07, 6.45) is 3.63. The van der Waals surface area contributed by atoms with Crippen molar-refractivity contribution in [1.82, 2.24) is 9.55 Å². The maximum atomic E-state index is 6.12. The van der Waals surface area contributed by atoms with Gasteiger partial charge < -0.3 is 10.3 Å². The number of rotatable bonds is 1. The molecule has 1 saturated carbocycles. The minimum Gasteiger partial charge on any atom is -0.369 e. The van der Waals surface area contributed by atoms with Crippen molar-refractivity contribution in [2.75, 3.05) is 5.73 Å². The number of nitrogens with two attached hydrogens (primary N) is 1. The van der Waals surface area contributed by atoms with Crippen LogP contribution in [0.2, 0.25) is 5.02 Å². The number of benzene rings is 1. The van der Waals surface area contributed by atoms with Crippen molar-refractivity contribution in [3.05, 3.63) is 23.2 Å². The second-order valence-electron chi connectivity index (χ2n) is 5.89. The lowest BCUT2D eigenvalue weighted by atomic mass is 9.79. The molecule has 2 aromatic rings. The molecular formula is C15H20ClN3. The standard InChI is InChI=1S/C15H20ClN3/c1-9-3-5-12(7-10(9)2)19-14-6-4-11(16)8-13(14)18-15(19)17/h4,6,8-10,12H,3,5,7H2,1-2H3,(H2,17,18). The molecule has 3 unspecified atom stereocenters. The second-order valence-corrected chi connectivity index (χ2v) is 6.33. The van der Waals surface area contributed by atoms with Gasteiger partial charge in [0.2, 0.25) is 5.95 Å². The molecular weight excluding hydrogens is 258 g/mol. The van der Waals surface area contributed by atoms with E-state index in [4.69, 9.17) is 17.3 Å². The van der Waals surface area contributed by atoms with Crippen molar-refractivity contribution in [2.45, 2.75) is 39.2 Å². The van der Waals surface area contributed by atoms with Crippen LogP contribution in [0.3, 0.4) is 0 Å². The van der Waals surface area contributed by atoms with Crippen LogP contribution >= 0.6 is 11.6 Å². The highest BCUT2D eigenvalue weighted by molar-refractivity contribution is 6.31. The van der Waals surface area contributed by atoms with Crippen LogP contribution in [0.4, 0.5) is 5.95 Å². The van der Waals surface area contributed by atoms with Crippen LogP contribution in [0, 0.1) is 11.8 Å².